The molecule has 0 radical (unpaired) electrons. The number of Topliss-reactive ketones (excluding diaryl/α,β-unsaturated/α-hetero) is 1. The fourth-order valence-electron chi connectivity index (χ4n) is 5.02. The summed E-state index contributed by atoms with van der Waals surface area (Å²) in [6.07, 6.45) is 3.88. The normalized spacial score (nSPS) is 11.8. The number of esters is 1. The average molecular weight is 530 g/mol. The minimum atomic E-state index is -0.419. The zero-order chi connectivity index (χ0) is 28.8. The second-order valence-electron chi connectivity index (χ2n) is 11.3. The zero-order valence-electron chi connectivity index (χ0n) is 24.8. The van der Waals surface area contributed by atoms with Gasteiger partial charge in [0.1, 0.15) is 12.4 Å². The molecule has 5 nitrogen and oxygen atoms in total. The topological polar surface area (TPSA) is 65.5 Å². The van der Waals surface area contributed by atoms with Crippen LogP contribution in [0.2, 0.25) is 0 Å². The summed E-state index contributed by atoms with van der Waals surface area (Å²) >= 11 is 0. The molecule has 1 aromatic heterocycles. The number of aryl methyl sites for hydroxylation is 2. The number of nitrogens with zero attached hydrogens (tertiary/aromatic N) is 1. The summed E-state index contributed by atoms with van der Waals surface area (Å²) in [5.41, 5.74) is 6.92. The molecule has 0 atom stereocenters. The SMILES string of the molecule is CCOC(=O)Cc1ccc(-c2ccc(C(CC)(CC)c3ccc(OCC(=O)C(C)(C)C)c(C)c3)cc2C)nc1. The van der Waals surface area contributed by atoms with E-state index in [1.54, 1.807) is 13.1 Å². The minimum absolute atomic E-state index is 0.0783. The molecule has 208 valence electrons. The smallest absolute Gasteiger partial charge is 0.310 e. The van der Waals surface area contributed by atoms with Gasteiger partial charge in [-0.15, -0.1) is 0 Å². The van der Waals surface area contributed by atoms with Gasteiger partial charge in [-0.3, -0.25) is 14.6 Å². The van der Waals surface area contributed by atoms with Crippen LogP contribution in [-0.4, -0.2) is 30.0 Å². The van der Waals surface area contributed by atoms with Gasteiger partial charge in [0.15, 0.2) is 5.78 Å². The van der Waals surface area contributed by atoms with Crippen molar-refractivity contribution < 1.29 is 19.1 Å². The Morgan fingerprint density at radius 3 is 2.00 bits per heavy atom. The third-order valence-electron chi connectivity index (χ3n) is 7.66. The fraction of sp³-hybridized carbons (Fsp3) is 0.441. The molecular formula is C34H43NO4. The number of ketones is 1. The summed E-state index contributed by atoms with van der Waals surface area (Å²) < 4.78 is 11.0. The monoisotopic (exact) mass is 529 g/mol. The molecule has 0 fully saturated rings. The van der Waals surface area contributed by atoms with Gasteiger partial charge >= 0.3 is 5.97 Å². The first-order valence-electron chi connectivity index (χ1n) is 13.9. The molecule has 0 aliphatic rings. The van der Waals surface area contributed by atoms with E-state index in [2.05, 4.69) is 56.1 Å². The molecule has 3 rings (SSSR count). The first-order chi connectivity index (χ1) is 18.4. The van der Waals surface area contributed by atoms with Crippen molar-refractivity contribution in [3.05, 3.63) is 82.5 Å². The third-order valence-corrected chi connectivity index (χ3v) is 7.66. The Bertz CT molecular complexity index is 1300. The predicted molar refractivity (Wildman–Crippen MR) is 157 cm³/mol. The first-order valence-corrected chi connectivity index (χ1v) is 13.9. The van der Waals surface area contributed by atoms with Crippen molar-refractivity contribution in [1.82, 2.24) is 4.98 Å². The quantitative estimate of drug-likeness (QED) is 0.240. The maximum atomic E-state index is 12.3. The molecule has 3 aromatic rings. The molecule has 0 amide bonds. The molecule has 5 heteroatoms. The van der Waals surface area contributed by atoms with E-state index in [1.807, 2.05) is 45.9 Å². The van der Waals surface area contributed by atoms with Gasteiger partial charge in [-0.25, -0.2) is 0 Å². The molecule has 0 N–H and O–H groups in total. The standard InChI is InChI=1S/C34H43NO4/c1-9-34(10-2,27-14-17-30(24(5)19-27)39-22-31(36)33(6,7)8)26-13-15-28(23(4)18-26)29-16-12-25(21-35-29)20-32(37)38-11-3/h12-19,21H,9-11,20,22H2,1-8H3. The van der Waals surface area contributed by atoms with Crippen molar-refractivity contribution in [3.8, 4) is 17.0 Å². The maximum Gasteiger partial charge on any atom is 0.310 e. The Morgan fingerprint density at radius 1 is 0.846 bits per heavy atom. The van der Waals surface area contributed by atoms with Crippen molar-refractivity contribution in [2.75, 3.05) is 13.2 Å². The predicted octanol–water partition coefficient (Wildman–Crippen LogP) is 7.57. The van der Waals surface area contributed by atoms with Crippen LogP contribution in [0.5, 0.6) is 5.75 Å². The Labute approximate surface area is 234 Å². The second-order valence-corrected chi connectivity index (χ2v) is 11.3. The number of carbonyl (C=O) groups excluding carboxylic acids is 2. The molecule has 0 unspecified atom stereocenters. The highest BCUT2D eigenvalue weighted by Gasteiger charge is 2.32. The van der Waals surface area contributed by atoms with Gasteiger partial charge in [0.05, 0.1) is 18.7 Å². The number of hydrogen-bond acceptors (Lipinski definition) is 5. The molecule has 2 aromatic carbocycles. The van der Waals surface area contributed by atoms with Gasteiger partial charge < -0.3 is 9.47 Å². The van der Waals surface area contributed by atoms with Crippen molar-refractivity contribution in [1.29, 1.82) is 0 Å². The molecule has 0 bridgehead atoms. The van der Waals surface area contributed by atoms with E-state index in [0.717, 1.165) is 46.5 Å². The Hall–Kier alpha value is -3.47. The number of aromatic nitrogens is 1. The number of ether oxygens (including phenoxy) is 2. The lowest BCUT2D eigenvalue weighted by Gasteiger charge is -2.34. The number of rotatable bonds is 11. The summed E-state index contributed by atoms with van der Waals surface area (Å²) in [5, 5.41) is 0. The van der Waals surface area contributed by atoms with Gasteiger partial charge in [0.2, 0.25) is 0 Å². The zero-order valence-corrected chi connectivity index (χ0v) is 24.8. The number of benzene rings is 2. The Morgan fingerprint density at radius 2 is 1.49 bits per heavy atom. The van der Waals surface area contributed by atoms with Crippen molar-refractivity contribution >= 4 is 11.8 Å². The highest BCUT2D eigenvalue weighted by molar-refractivity contribution is 5.85. The molecule has 39 heavy (non-hydrogen) atoms. The van der Waals surface area contributed by atoms with Crippen molar-refractivity contribution in [2.45, 2.75) is 80.1 Å². The largest absolute Gasteiger partial charge is 0.486 e. The van der Waals surface area contributed by atoms with E-state index in [9.17, 15) is 9.59 Å². The van der Waals surface area contributed by atoms with Crippen LogP contribution in [0.4, 0.5) is 0 Å². The van der Waals surface area contributed by atoms with Gasteiger partial charge in [-0.2, -0.15) is 0 Å². The van der Waals surface area contributed by atoms with E-state index >= 15 is 0 Å². The molecular weight excluding hydrogens is 486 g/mol. The summed E-state index contributed by atoms with van der Waals surface area (Å²) in [7, 11) is 0. The van der Waals surface area contributed by atoms with Gasteiger partial charge in [0.25, 0.3) is 0 Å². The Kier molecular flexibility index (Phi) is 9.71. The Balaban J connectivity index is 1.87. The van der Waals surface area contributed by atoms with E-state index in [4.69, 9.17) is 9.47 Å². The van der Waals surface area contributed by atoms with Crippen LogP contribution in [0.25, 0.3) is 11.3 Å². The van der Waals surface area contributed by atoms with E-state index in [-0.39, 0.29) is 30.2 Å². The van der Waals surface area contributed by atoms with Gasteiger partial charge in [-0.1, -0.05) is 71.0 Å². The van der Waals surface area contributed by atoms with Crippen LogP contribution in [0.15, 0.2) is 54.7 Å². The van der Waals surface area contributed by atoms with Crippen LogP contribution >= 0.6 is 0 Å². The van der Waals surface area contributed by atoms with Crippen LogP contribution in [0.3, 0.4) is 0 Å². The lowest BCUT2D eigenvalue weighted by molar-refractivity contribution is -0.142. The summed E-state index contributed by atoms with van der Waals surface area (Å²) in [6, 6.07) is 16.9. The van der Waals surface area contributed by atoms with Crippen molar-refractivity contribution in [2.24, 2.45) is 5.41 Å². The number of pyridine rings is 1. The number of hydrogen-bond donors (Lipinski definition) is 0. The lowest BCUT2D eigenvalue weighted by atomic mass is 9.69. The third kappa shape index (κ3) is 6.95. The van der Waals surface area contributed by atoms with Gasteiger partial charge in [0, 0.05) is 22.6 Å². The molecule has 0 spiro atoms. The fourth-order valence-corrected chi connectivity index (χ4v) is 5.02. The highest BCUT2D eigenvalue weighted by Crippen LogP contribution is 2.41. The van der Waals surface area contributed by atoms with Gasteiger partial charge in [-0.05, 0) is 73.6 Å². The van der Waals surface area contributed by atoms with E-state index in [0.29, 0.717) is 6.61 Å². The molecule has 0 aliphatic carbocycles. The second kappa shape index (κ2) is 12.6. The average Bonchev–Trinajstić information content (AvgIpc) is 2.89. The van der Waals surface area contributed by atoms with E-state index in [1.165, 1.54) is 11.1 Å². The first kappa shape index (κ1) is 30.1. The molecule has 0 saturated carbocycles. The van der Waals surface area contributed by atoms with Crippen molar-refractivity contribution in [3.63, 3.8) is 0 Å². The molecule has 0 aliphatic heterocycles. The van der Waals surface area contributed by atoms with Crippen LogP contribution < -0.4 is 4.74 Å². The van der Waals surface area contributed by atoms with E-state index < -0.39 is 5.41 Å². The summed E-state index contributed by atoms with van der Waals surface area (Å²) in [5.74, 6) is 0.596. The molecule has 1 heterocycles. The number of carbonyl (C=O) groups is 2. The van der Waals surface area contributed by atoms with Crippen LogP contribution in [-0.2, 0) is 26.2 Å². The molecule has 0 saturated heterocycles. The van der Waals surface area contributed by atoms with Crippen LogP contribution in [0, 0.1) is 19.3 Å². The van der Waals surface area contributed by atoms with Crippen LogP contribution in [0.1, 0.15) is 82.2 Å². The highest BCUT2D eigenvalue weighted by atomic mass is 16.5. The summed E-state index contributed by atoms with van der Waals surface area (Å²) in [4.78, 5) is 28.8. The minimum Gasteiger partial charge on any atom is -0.486 e. The summed E-state index contributed by atoms with van der Waals surface area (Å²) in [6.45, 7) is 16.6. The lowest BCUT2D eigenvalue weighted by Crippen LogP contribution is -2.27. The maximum absolute atomic E-state index is 12.3.